The molecule has 2 N–H and O–H groups in total. The number of quaternary nitrogens is 1. The van der Waals surface area contributed by atoms with Gasteiger partial charge in [-0.05, 0) is 42.8 Å². The molecule has 2 aromatic carbocycles. The zero-order valence-electron chi connectivity index (χ0n) is 15.4. The SMILES string of the molecule is Cc1ccc(Cl)cc1NC(=O)C[NH+]1CCC[C@H]1c1ccc2c(c1)OCCO2. The van der Waals surface area contributed by atoms with Crippen molar-refractivity contribution in [2.45, 2.75) is 25.8 Å². The minimum atomic E-state index is 0.0137. The first-order valence-corrected chi connectivity index (χ1v) is 9.78. The average Bonchev–Trinajstić information content (AvgIpc) is 3.12. The van der Waals surface area contributed by atoms with Gasteiger partial charge in [0, 0.05) is 29.1 Å². The van der Waals surface area contributed by atoms with Gasteiger partial charge in [-0.2, -0.15) is 0 Å². The number of aryl methyl sites for hydroxylation is 1. The van der Waals surface area contributed by atoms with Crippen molar-refractivity contribution in [1.82, 2.24) is 0 Å². The van der Waals surface area contributed by atoms with E-state index in [9.17, 15) is 4.79 Å². The minimum absolute atomic E-state index is 0.0137. The highest BCUT2D eigenvalue weighted by molar-refractivity contribution is 6.31. The summed E-state index contributed by atoms with van der Waals surface area (Å²) in [5.41, 5.74) is 2.99. The molecule has 1 unspecified atom stereocenters. The van der Waals surface area contributed by atoms with Crippen molar-refractivity contribution in [3.8, 4) is 11.5 Å². The maximum absolute atomic E-state index is 12.6. The second-order valence-corrected chi connectivity index (χ2v) is 7.63. The molecule has 1 saturated heterocycles. The van der Waals surface area contributed by atoms with Gasteiger partial charge in [0.25, 0.3) is 5.91 Å². The fourth-order valence-electron chi connectivity index (χ4n) is 3.93. The molecule has 1 amide bonds. The molecular weight excluding hydrogens is 364 g/mol. The van der Waals surface area contributed by atoms with E-state index in [-0.39, 0.29) is 5.91 Å². The summed E-state index contributed by atoms with van der Waals surface area (Å²) in [7, 11) is 0. The van der Waals surface area contributed by atoms with E-state index in [1.54, 1.807) is 6.07 Å². The number of benzene rings is 2. The largest absolute Gasteiger partial charge is 0.486 e. The van der Waals surface area contributed by atoms with Gasteiger partial charge in [0.2, 0.25) is 0 Å². The molecule has 0 radical (unpaired) electrons. The van der Waals surface area contributed by atoms with Gasteiger partial charge in [0.15, 0.2) is 18.0 Å². The second-order valence-electron chi connectivity index (χ2n) is 7.19. The Kier molecular flexibility index (Phi) is 5.23. The van der Waals surface area contributed by atoms with E-state index in [0.29, 0.717) is 30.8 Å². The van der Waals surface area contributed by atoms with Crippen LogP contribution in [0.15, 0.2) is 36.4 Å². The number of carbonyl (C=O) groups excluding carboxylic acids is 1. The predicted octanol–water partition coefficient (Wildman–Crippen LogP) is 2.78. The number of likely N-dealkylation sites (tertiary alicyclic amines) is 1. The van der Waals surface area contributed by atoms with E-state index in [1.807, 2.05) is 25.1 Å². The molecule has 0 spiro atoms. The lowest BCUT2D eigenvalue weighted by atomic mass is 10.0. The van der Waals surface area contributed by atoms with Crippen molar-refractivity contribution in [3.05, 3.63) is 52.5 Å². The van der Waals surface area contributed by atoms with E-state index in [2.05, 4.69) is 17.4 Å². The van der Waals surface area contributed by atoms with Crippen molar-refractivity contribution in [2.24, 2.45) is 0 Å². The summed E-state index contributed by atoms with van der Waals surface area (Å²) < 4.78 is 11.3. The quantitative estimate of drug-likeness (QED) is 0.848. The predicted molar refractivity (Wildman–Crippen MR) is 105 cm³/mol. The number of ether oxygens (including phenoxy) is 2. The van der Waals surface area contributed by atoms with Gasteiger partial charge in [-0.15, -0.1) is 0 Å². The Bertz CT molecular complexity index is 855. The summed E-state index contributed by atoms with van der Waals surface area (Å²) in [6, 6.07) is 12.0. The third-order valence-electron chi connectivity index (χ3n) is 5.31. The molecule has 0 saturated carbocycles. The maximum atomic E-state index is 12.6. The molecular formula is C21H24ClN2O3+. The summed E-state index contributed by atoms with van der Waals surface area (Å²) in [6.07, 6.45) is 2.18. The monoisotopic (exact) mass is 387 g/mol. The van der Waals surface area contributed by atoms with Gasteiger partial charge in [-0.1, -0.05) is 17.7 Å². The van der Waals surface area contributed by atoms with Crippen LogP contribution in [0.25, 0.3) is 0 Å². The van der Waals surface area contributed by atoms with Gasteiger partial charge in [-0.25, -0.2) is 0 Å². The van der Waals surface area contributed by atoms with Crippen LogP contribution in [-0.2, 0) is 4.79 Å². The third-order valence-corrected chi connectivity index (χ3v) is 5.55. The van der Waals surface area contributed by atoms with Crippen LogP contribution < -0.4 is 19.7 Å². The minimum Gasteiger partial charge on any atom is -0.486 e. The molecule has 4 rings (SSSR count). The van der Waals surface area contributed by atoms with E-state index < -0.39 is 0 Å². The molecule has 0 aromatic heterocycles. The van der Waals surface area contributed by atoms with E-state index in [4.69, 9.17) is 21.1 Å². The Morgan fingerprint density at radius 3 is 2.85 bits per heavy atom. The lowest BCUT2D eigenvalue weighted by Crippen LogP contribution is -3.11. The molecule has 6 heteroatoms. The van der Waals surface area contributed by atoms with Gasteiger partial charge in [0.1, 0.15) is 19.3 Å². The second kappa shape index (κ2) is 7.79. The van der Waals surface area contributed by atoms with Crippen LogP contribution in [0.5, 0.6) is 11.5 Å². The van der Waals surface area contributed by atoms with Crippen LogP contribution in [0, 0.1) is 6.92 Å². The van der Waals surface area contributed by atoms with E-state index in [0.717, 1.165) is 42.1 Å². The van der Waals surface area contributed by atoms with Crippen LogP contribution in [0.4, 0.5) is 5.69 Å². The summed E-state index contributed by atoms with van der Waals surface area (Å²) in [5.74, 6) is 1.63. The first-order valence-electron chi connectivity index (χ1n) is 9.40. The Morgan fingerprint density at radius 1 is 1.19 bits per heavy atom. The molecule has 2 atom stereocenters. The highest BCUT2D eigenvalue weighted by atomic mass is 35.5. The number of halogens is 1. The molecule has 1 fully saturated rings. The summed E-state index contributed by atoms with van der Waals surface area (Å²) in [4.78, 5) is 13.9. The number of hydrogen-bond donors (Lipinski definition) is 2. The molecule has 142 valence electrons. The molecule has 5 nitrogen and oxygen atoms in total. The van der Waals surface area contributed by atoms with Gasteiger partial charge in [0.05, 0.1) is 6.54 Å². The van der Waals surface area contributed by atoms with Crippen molar-refractivity contribution < 1.29 is 19.2 Å². The van der Waals surface area contributed by atoms with Crippen LogP contribution in [0.3, 0.4) is 0 Å². The number of anilines is 1. The summed E-state index contributed by atoms with van der Waals surface area (Å²) >= 11 is 6.05. The Morgan fingerprint density at radius 2 is 2.00 bits per heavy atom. The Hall–Kier alpha value is -2.24. The van der Waals surface area contributed by atoms with Crippen molar-refractivity contribution in [1.29, 1.82) is 0 Å². The Balaban J connectivity index is 1.45. The number of fused-ring (bicyclic) bond motifs is 1. The number of nitrogens with one attached hydrogen (secondary N) is 2. The lowest BCUT2D eigenvalue weighted by Gasteiger charge is -2.24. The third kappa shape index (κ3) is 4.04. The fraction of sp³-hybridized carbons (Fsp3) is 0.381. The molecule has 27 heavy (non-hydrogen) atoms. The lowest BCUT2D eigenvalue weighted by molar-refractivity contribution is -0.910. The van der Waals surface area contributed by atoms with Crippen LogP contribution in [0.1, 0.15) is 30.0 Å². The molecule has 2 heterocycles. The number of rotatable bonds is 4. The highest BCUT2D eigenvalue weighted by Crippen LogP contribution is 2.33. The van der Waals surface area contributed by atoms with E-state index >= 15 is 0 Å². The molecule has 2 aliphatic heterocycles. The highest BCUT2D eigenvalue weighted by Gasteiger charge is 2.32. The topological polar surface area (TPSA) is 52.0 Å². The van der Waals surface area contributed by atoms with Gasteiger partial charge >= 0.3 is 0 Å². The molecule has 2 aliphatic rings. The van der Waals surface area contributed by atoms with Gasteiger partial charge < -0.3 is 19.7 Å². The first kappa shape index (κ1) is 18.1. The van der Waals surface area contributed by atoms with Crippen LogP contribution in [-0.4, -0.2) is 32.2 Å². The number of hydrogen-bond acceptors (Lipinski definition) is 3. The smallest absolute Gasteiger partial charge is 0.279 e. The first-order chi connectivity index (χ1) is 13.1. The Labute approximate surface area is 164 Å². The fourth-order valence-corrected chi connectivity index (χ4v) is 4.10. The van der Waals surface area contributed by atoms with Crippen LogP contribution in [0.2, 0.25) is 5.02 Å². The van der Waals surface area contributed by atoms with Crippen molar-refractivity contribution >= 4 is 23.2 Å². The molecule has 0 bridgehead atoms. The maximum Gasteiger partial charge on any atom is 0.279 e. The molecule has 0 aliphatic carbocycles. The van der Waals surface area contributed by atoms with E-state index in [1.165, 1.54) is 10.5 Å². The van der Waals surface area contributed by atoms with Gasteiger partial charge in [-0.3, -0.25) is 4.79 Å². The normalized spacial score (nSPS) is 21.1. The van der Waals surface area contributed by atoms with Crippen molar-refractivity contribution in [2.75, 3.05) is 31.6 Å². The summed E-state index contributed by atoms with van der Waals surface area (Å²) in [6.45, 7) is 4.56. The van der Waals surface area contributed by atoms with Crippen molar-refractivity contribution in [3.63, 3.8) is 0 Å². The summed E-state index contributed by atoms with van der Waals surface area (Å²) in [5, 5.41) is 3.63. The standard InChI is InChI=1S/C21H23ClN2O3/c1-14-4-6-16(22)12-17(14)23-21(25)13-24-8-2-3-18(24)15-5-7-19-20(11-15)27-10-9-26-19/h4-7,11-12,18H,2-3,8-10,13H2,1H3,(H,23,25)/p+1/t18-/m0/s1. The zero-order valence-corrected chi connectivity index (χ0v) is 16.1. The average molecular weight is 388 g/mol. The van der Waals surface area contributed by atoms with Crippen LogP contribution >= 0.6 is 11.6 Å². The zero-order chi connectivity index (χ0) is 18.8. The molecule has 2 aromatic rings. The number of carbonyl (C=O) groups is 1. The number of amides is 1.